The Morgan fingerprint density at radius 2 is 2.00 bits per heavy atom. The maximum atomic E-state index is 5.59. The van der Waals surface area contributed by atoms with Gasteiger partial charge in [-0.25, -0.2) is 0 Å². The van der Waals surface area contributed by atoms with E-state index in [2.05, 4.69) is 26.8 Å². The van der Waals surface area contributed by atoms with Gasteiger partial charge in [0.15, 0.2) is 0 Å². The van der Waals surface area contributed by atoms with Crippen molar-refractivity contribution in [2.24, 2.45) is 0 Å². The van der Waals surface area contributed by atoms with Gasteiger partial charge in [-0.1, -0.05) is 32.0 Å². The van der Waals surface area contributed by atoms with Crippen LogP contribution in [0.4, 0.5) is 0 Å². The molecule has 1 aromatic rings. The summed E-state index contributed by atoms with van der Waals surface area (Å²) < 4.78 is 5.59. The first-order valence-electron chi connectivity index (χ1n) is 4.76. The van der Waals surface area contributed by atoms with E-state index in [9.17, 15) is 0 Å². The molecule has 71 valence electrons. The van der Waals surface area contributed by atoms with Crippen molar-refractivity contribution >= 4 is 0 Å². The third-order valence-corrected chi connectivity index (χ3v) is 1.94. The normalized spacial score (nSPS) is 10.5. The molecular weight excluding hydrogens is 160 g/mol. The molecule has 0 bridgehead atoms. The second-order valence-corrected chi connectivity index (χ2v) is 3.39. The fraction of sp³-hybridized carbons (Fsp3) is 0.417. The highest BCUT2D eigenvalue weighted by Crippen LogP contribution is 2.25. The topological polar surface area (TPSA) is 9.23 Å². The molecule has 1 nitrogen and oxygen atoms in total. The molecule has 0 spiro atoms. The monoisotopic (exact) mass is 177 g/mol. The van der Waals surface area contributed by atoms with Crippen LogP contribution in [0, 0.1) is 6.92 Å². The minimum absolute atomic E-state index is 0.515. The van der Waals surface area contributed by atoms with Crippen LogP contribution in [0.3, 0.4) is 0 Å². The fourth-order valence-corrected chi connectivity index (χ4v) is 1.27. The van der Waals surface area contributed by atoms with Crippen molar-refractivity contribution in [2.45, 2.75) is 26.2 Å². The lowest BCUT2D eigenvalue weighted by atomic mass is 10.0. The molecule has 0 N–H and O–H groups in total. The molecule has 1 aromatic carbocycles. The van der Waals surface area contributed by atoms with Crippen LogP contribution in [0.1, 0.15) is 31.7 Å². The van der Waals surface area contributed by atoms with Crippen molar-refractivity contribution in [1.82, 2.24) is 0 Å². The predicted molar refractivity (Wildman–Crippen MR) is 56.0 cm³/mol. The van der Waals surface area contributed by atoms with Gasteiger partial charge in [0.2, 0.25) is 0 Å². The lowest BCUT2D eigenvalue weighted by Crippen LogP contribution is -1.99. The number of rotatable bonds is 4. The van der Waals surface area contributed by atoms with Crippen molar-refractivity contribution in [3.05, 3.63) is 36.8 Å². The molecule has 0 atom stereocenters. The Labute approximate surface area is 80.7 Å². The molecule has 1 heteroatoms. The minimum atomic E-state index is 0.515. The summed E-state index contributed by atoms with van der Waals surface area (Å²) in [5.41, 5.74) is 1.27. The van der Waals surface area contributed by atoms with Gasteiger partial charge < -0.3 is 4.74 Å². The quantitative estimate of drug-likeness (QED) is 0.684. The fourth-order valence-electron chi connectivity index (χ4n) is 1.27. The largest absolute Gasteiger partial charge is 0.493 e. The lowest BCUT2D eigenvalue weighted by Gasteiger charge is -2.12. The van der Waals surface area contributed by atoms with Crippen molar-refractivity contribution in [1.29, 1.82) is 0 Å². The molecule has 0 saturated heterocycles. The number of hydrogen-bond donors (Lipinski definition) is 0. The zero-order valence-corrected chi connectivity index (χ0v) is 8.42. The molecule has 0 aliphatic carbocycles. The summed E-state index contributed by atoms with van der Waals surface area (Å²) in [6.07, 6.45) is 0.812. The first-order chi connectivity index (χ1) is 6.25. The van der Waals surface area contributed by atoms with Crippen molar-refractivity contribution in [3.8, 4) is 5.75 Å². The van der Waals surface area contributed by atoms with Crippen LogP contribution in [-0.2, 0) is 0 Å². The van der Waals surface area contributed by atoms with Gasteiger partial charge in [0.05, 0.1) is 6.61 Å². The van der Waals surface area contributed by atoms with Crippen molar-refractivity contribution in [3.63, 3.8) is 0 Å². The molecule has 13 heavy (non-hydrogen) atoms. The molecule has 0 saturated carbocycles. The molecule has 1 rings (SSSR count). The number of hydrogen-bond acceptors (Lipinski definition) is 1. The summed E-state index contributed by atoms with van der Waals surface area (Å²) in [5.74, 6) is 1.52. The van der Waals surface area contributed by atoms with E-state index in [1.807, 2.05) is 18.2 Å². The Hall–Kier alpha value is -0.980. The zero-order chi connectivity index (χ0) is 9.68. The average molecular weight is 177 g/mol. The third kappa shape index (κ3) is 2.76. The Bertz CT molecular complexity index is 253. The zero-order valence-electron chi connectivity index (χ0n) is 8.42. The second kappa shape index (κ2) is 4.90. The standard InChI is InChI=1S/C12H17O/c1-4-9-13-12-8-6-5-7-11(12)10(2)3/h5-8,10H,1,4,9H2,2-3H3. The van der Waals surface area contributed by atoms with Gasteiger partial charge >= 0.3 is 0 Å². The summed E-state index contributed by atoms with van der Waals surface area (Å²) in [5, 5.41) is 0. The molecular formula is C12H17O. The lowest BCUT2D eigenvalue weighted by molar-refractivity contribution is 0.319. The smallest absolute Gasteiger partial charge is 0.122 e. The summed E-state index contributed by atoms with van der Waals surface area (Å²) in [4.78, 5) is 0. The van der Waals surface area contributed by atoms with Crippen molar-refractivity contribution in [2.75, 3.05) is 6.61 Å². The predicted octanol–water partition coefficient (Wildman–Crippen LogP) is 3.41. The number of ether oxygens (including phenoxy) is 1. The van der Waals surface area contributed by atoms with Gasteiger partial charge in [-0.05, 0) is 30.9 Å². The van der Waals surface area contributed by atoms with Gasteiger partial charge in [-0.3, -0.25) is 0 Å². The molecule has 0 amide bonds. The minimum Gasteiger partial charge on any atom is -0.493 e. The molecule has 0 aromatic heterocycles. The van der Waals surface area contributed by atoms with E-state index in [0.717, 1.165) is 12.2 Å². The summed E-state index contributed by atoms with van der Waals surface area (Å²) in [6, 6.07) is 8.19. The molecule has 0 fully saturated rings. The molecule has 0 aliphatic heterocycles. The van der Waals surface area contributed by atoms with Crippen LogP contribution in [0.25, 0.3) is 0 Å². The van der Waals surface area contributed by atoms with Crippen LogP contribution >= 0.6 is 0 Å². The van der Waals surface area contributed by atoms with Gasteiger partial charge in [-0.2, -0.15) is 0 Å². The summed E-state index contributed by atoms with van der Waals surface area (Å²) in [7, 11) is 0. The highest BCUT2D eigenvalue weighted by atomic mass is 16.5. The molecule has 0 unspecified atom stereocenters. The first kappa shape index (κ1) is 10.1. The van der Waals surface area contributed by atoms with Gasteiger partial charge in [0.1, 0.15) is 5.75 Å². The van der Waals surface area contributed by atoms with Gasteiger partial charge in [-0.15, -0.1) is 0 Å². The first-order valence-corrected chi connectivity index (χ1v) is 4.76. The van der Waals surface area contributed by atoms with Crippen LogP contribution < -0.4 is 4.74 Å². The maximum absolute atomic E-state index is 5.59. The summed E-state index contributed by atoms with van der Waals surface area (Å²) >= 11 is 0. The van der Waals surface area contributed by atoms with E-state index in [1.165, 1.54) is 5.56 Å². The molecule has 1 radical (unpaired) electrons. The third-order valence-electron chi connectivity index (χ3n) is 1.94. The Morgan fingerprint density at radius 1 is 1.31 bits per heavy atom. The maximum Gasteiger partial charge on any atom is 0.122 e. The molecule has 0 heterocycles. The van der Waals surface area contributed by atoms with Crippen LogP contribution in [0.5, 0.6) is 5.75 Å². The summed E-state index contributed by atoms with van der Waals surface area (Å²) in [6.45, 7) is 8.79. The number of para-hydroxylation sites is 1. The molecule has 0 aliphatic rings. The average Bonchev–Trinajstić information content (AvgIpc) is 2.15. The SMILES string of the molecule is [CH2]CCOc1ccccc1C(C)C. The van der Waals surface area contributed by atoms with E-state index in [-0.39, 0.29) is 0 Å². The van der Waals surface area contributed by atoms with Crippen LogP contribution in [0.15, 0.2) is 24.3 Å². The van der Waals surface area contributed by atoms with Gasteiger partial charge in [0, 0.05) is 0 Å². The Kier molecular flexibility index (Phi) is 3.81. The van der Waals surface area contributed by atoms with Crippen LogP contribution in [0.2, 0.25) is 0 Å². The highest BCUT2D eigenvalue weighted by Gasteiger charge is 2.05. The highest BCUT2D eigenvalue weighted by molar-refractivity contribution is 5.35. The number of benzene rings is 1. The van der Waals surface area contributed by atoms with E-state index in [0.29, 0.717) is 12.5 Å². The van der Waals surface area contributed by atoms with E-state index >= 15 is 0 Å². The van der Waals surface area contributed by atoms with E-state index in [1.54, 1.807) is 0 Å². The van der Waals surface area contributed by atoms with Crippen molar-refractivity contribution < 1.29 is 4.74 Å². The van der Waals surface area contributed by atoms with E-state index in [4.69, 9.17) is 4.74 Å². The van der Waals surface area contributed by atoms with Gasteiger partial charge in [0.25, 0.3) is 0 Å². The van der Waals surface area contributed by atoms with E-state index < -0.39 is 0 Å². The Morgan fingerprint density at radius 3 is 2.62 bits per heavy atom. The van der Waals surface area contributed by atoms with Crippen LogP contribution in [-0.4, -0.2) is 6.61 Å². The Balaban J connectivity index is 2.78. The second-order valence-electron chi connectivity index (χ2n) is 3.39.